The first-order valence-electron chi connectivity index (χ1n) is 12.7. The average molecular weight is 479 g/mol. The maximum atomic E-state index is 14.3. The van der Waals surface area contributed by atoms with E-state index in [0.717, 1.165) is 18.4 Å². The molecule has 5 nitrogen and oxygen atoms in total. The second-order valence-corrected chi connectivity index (χ2v) is 8.69. The minimum atomic E-state index is -0.810. The number of unbranched alkanes of at least 4 members (excludes halogenated alkanes) is 6. The number of hydrogen-bond donors (Lipinski definition) is 0. The summed E-state index contributed by atoms with van der Waals surface area (Å²) in [6, 6.07) is 12.3. The number of hydrogen-bond acceptors (Lipinski definition) is 5. The molecule has 3 rings (SSSR count). The molecule has 2 aromatic carbocycles. The highest BCUT2D eigenvalue weighted by Gasteiger charge is 2.16. The lowest BCUT2D eigenvalue weighted by molar-refractivity contribution is 0.0728. The van der Waals surface area contributed by atoms with Crippen molar-refractivity contribution in [2.45, 2.75) is 71.6 Å². The van der Waals surface area contributed by atoms with Crippen molar-refractivity contribution in [2.75, 3.05) is 6.61 Å². The predicted molar refractivity (Wildman–Crippen MR) is 136 cm³/mol. The molecule has 0 spiro atoms. The van der Waals surface area contributed by atoms with Gasteiger partial charge < -0.3 is 9.47 Å². The zero-order valence-corrected chi connectivity index (χ0v) is 20.8. The monoisotopic (exact) mass is 478 g/mol. The largest absolute Gasteiger partial charge is 0.494 e. The van der Waals surface area contributed by atoms with E-state index in [1.165, 1.54) is 75.0 Å². The minimum Gasteiger partial charge on any atom is -0.494 e. The number of aromatic nitrogens is 2. The molecule has 0 saturated heterocycles. The van der Waals surface area contributed by atoms with E-state index in [2.05, 4.69) is 29.0 Å². The Kier molecular flexibility index (Phi) is 10.7. The molecule has 186 valence electrons. The second kappa shape index (κ2) is 14.2. The van der Waals surface area contributed by atoms with Crippen LogP contribution in [0.5, 0.6) is 11.5 Å². The third-order valence-electron chi connectivity index (χ3n) is 5.75. The van der Waals surface area contributed by atoms with Crippen LogP contribution in [0.2, 0.25) is 0 Å². The molecule has 0 aliphatic heterocycles. The summed E-state index contributed by atoms with van der Waals surface area (Å²) in [5.74, 6) is -0.439. The van der Waals surface area contributed by atoms with Crippen molar-refractivity contribution < 1.29 is 18.7 Å². The van der Waals surface area contributed by atoms with E-state index in [1.54, 1.807) is 6.07 Å². The molecule has 1 heterocycles. The van der Waals surface area contributed by atoms with Crippen LogP contribution in [0.3, 0.4) is 0 Å². The van der Waals surface area contributed by atoms with Crippen LogP contribution >= 0.6 is 0 Å². The number of ether oxygens (including phenoxy) is 2. The van der Waals surface area contributed by atoms with Crippen molar-refractivity contribution in [3.63, 3.8) is 0 Å². The van der Waals surface area contributed by atoms with Gasteiger partial charge in [0.25, 0.3) is 0 Å². The lowest BCUT2D eigenvalue weighted by Gasteiger charge is -2.08. The van der Waals surface area contributed by atoms with Gasteiger partial charge >= 0.3 is 5.97 Å². The number of rotatable bonds is 14. The van der Waals surface area contributed by atoms with Gasteiger partial charge in [0.1, 0.15) is 11.6 Å². The summed E-state index contributed by atoms with van der Waals surface area (Å²) in [4.78, 5) is 21.0. The molecule has 3 aromatic rings. The Bertz CT molecular complexity index is 1050. The van der Waals surface area contributed by atoms with Gasteiger partial charge in [0.05, 0.1) is 24.6 Å². The molecule has 0 N–H and O–H groups in total. The topological polar surface area (TPSA) is 61.3 Å². The molecule has 0 unspecified atom stereocenters. The van der Waals surface area contributed by atoms with E-state index in [1.807, 2.05) is 19.1 Å². The third-order valence-corrected chi connectivity index (χ3v) is 5.75. The highest BCUT2D eigenvalue weighted by atomic mass is 19.1. The average Bonchev–Trinajstić information content (AvgIpc) is 2.88. The van der Waals surface area contributed by atoms with Crippen LogP contribution in [0.25, 0.3) is 11.4 Å². The molecule has 0 aliphatic carbocycles. The number of carbonyl (C=O) groups is 1. The first kappa shape index (κ1) is 26.3. The van der Waals surface area contributed by atoms with Gasteiger partial charge in [-0.25, -0.2) is 19.2 Å². The highest BCUT2D eigenvalue weighted by Crippen LogP contribution is 2.21. The molecule has 0 saturated carbocycles. The van der Waals surface area contributed by atoms with Crippen LogP contribution in [0.4, 0.5) is 4.39 Å². The number of halogens is 1. The summed E-state index contributed by atoms with van der Waals surface area (Å²) < 4.78 is 24.9. The summed E-state index contributed by atoms with van der Waals surface area (Å²) >= 11 is 0. The van der Waals surface area contributed by atoms with Gasteiger partial charge in [-0.2, -0.15) is 0 Å². The summed E-state index contributed by atoms with van der Waals surface area (Å²) in [5.41, 5.74) is 2.02. The fraction of sp³-hybridized carbons (Fsp3) is 0.414. The van der Waals surface area contributed by atoms with Crippen molar-refractivity contribution in [1.29, 1.82) is 0 Å². The molecule has 0 amide bonds. The standard InChI is InChI=1S/C29H35FN2O3/c1-3-5-6-7-8-9-10-11-22-12-14-23(15-13-22)28-31-20-25(21-32-28)35-29(33)26-17-16-24(19-27(26)30)34-18-4-2/h12-17,19-21H,3-11,18H2,1-2H3. The van der Waals surface area contributed by atoms with E-state index in [0.29, 0.717) is 18.2 Å². The minimum absolute atomic E-state index is 0.153. The molecular weight excluding hydrogens is 443 g/mol. The number of nitrogens with zero attached hydrogens (tertiary/aromatic N) is 2. The molecule has 0 bridgehead atoms. The number of carbonyl (C=O) groups excluding carboxylic acids is 1. The molecule has 0 atom stereocenters. The van der Waals surface area contributed by atoms with Crippen molar-refractivity contribution in [2.24, 2.45) is 0 Å². The lowest BCUT2D eigenvalue weighted by atomic mass is 10.0. The normalized spacial score (nSPS) is 10.8. The Labute approximate surface area is 207 Å². The maximum Gasteiger partial charge on any atom is 0.346 e. The van der Waals surface area contributed by atoms with Gasteiger partial charge in [-0.15, -0.1) is 0 Å². The van der Waals surface area contributed by atoms with Crippen LogP contribution in [0, 0.1) is 5.82 Å². The zero-order chi connectivity index (χ0) is 24.9. The Morgan fingerprint density at radius 3 is 2.17 bits per heavy atom. The Hall–Kier alpha value is -3.28. The first-order valence-corrected chi connectivity index (χ1v) is 12.7. The Balaban J connectivity index is 1.50. The van der Waals surface area contributed by atoms with Gasteiger partial charge in [-0.05, 0) is 37.0 Å². The van der Waals surface area contributed by atoms with Crippen molar-refractivity contribution in [3.05, 3.63) is 71.8 Å². The summed E-state index contributed by atoms with van der Waals surface area (Å²) in [7, 11) is 0. The van der Waals surface area contributed by atoms with E-state index in [-0.39, 0.29) is 11.3 Å². The summed E-state index contributed by atoms with van der Waals surface area (Å²) in [6.45, 7) is 4.68. The fourth-order valence-electron chi connectivity index (χ4n) is 3.76. The molecule has 35 heavy (non-hydrogen) atoms. The van der Waals surface area contributed by atoms with Crippen LogP contribution in [-0.2, 0) is 6.42 Å². The van der Waals surface area contributed by atoms with E-state index in [4.69, 9.17) is 9.47 Å². The van der Waals surface area contributed by atoms with Gasteiger partial charge in [0.15, 0.2) is 11.6 Å². The zero-order valence-electron chi connectivity index (χ0n) is 20.8. The Morgan fingerprint density at radius 1 is 0.829 bits per heavy atom. The van der Waals surface area contributed by atoms with Crippen LogP contribution in [0.1, 0.15) is 81.1 Å². The Morgan fingerprint density at radius 2 is 1.51 bits per heavy atom. The van der Waals surface area contributed by atoms with E-state index in [9.17, 15) is 9.18 Å². The predicted octanol–water partition coefficient (Wildman–Crippen LogP) is 7.58. The van der Waals surface area contributed by atoms with Gasteiger partial charge in [-0.3, -0.25) is 0 Å². The van der Waals surface area contributed by atoms with Gasteiger partial charge in [0, 0.05) is 11.6 Å². The highest BCUT2D eigenvalue weighted by molar-refractivity contribution is 5.91. The van der Waals surface area contributed by atoms with Crippen LogP contribution in [-0.4, -0.2) is 22.5 Å². The van der Waals surface area contributed by atoms with Crippen LogP contribution < -0.4 is 9.47 Å². The number of benzene rings is 2. The molecule has 6 heteroatoms. The molecule has 0 fully saturated rings. The lowest BCUT2D eigenvalue weighted by Crippen LogP contribution is -2.11. The second-order valence-electron chi connectivity index (χ2n) is 8.69. The van der Waals surface area contributed by atoms with E-state index >= 15 is 0 Å². The maximum absolute atomic E-state index is 14.3. The smallest absolute Gasteiger partial charge is 0.346 e. The van der Waals surface area contributed by atoms with E-state index < -0.39 is 11.8 Å². The fourth-order valence-corrected chi connectivity index (χ4v) is 3.76. The molecular formula is C29H35FN2O3. The van der Waals surface area contributed by atoms with Gasteiger partial charge in [0.2, 0.25) is 0 Å². The third kappa shape index (κ3) is 8.46. The molecule has 0 radical (unpaired) electrons. The summed E-state index contributed by atoms with van der Waals surface area (Å²) in [6.07, 6.45) is 13.8. The molecule has 1 aromatic heterocycles. The number of aryl methyl sites for hydroxylation is 1. The number of esters is 1. The van der Waals surface area contributed by atoms with Crippen molar-refractivity contribution in [1.82, 2.24) is 9.97 Å². The first-order chi connectivity index (χ1) is 17.1. The van der Waals surface area contributed by atoms with Crippen LogP contribution in [0.15, 0.2) is 54.9 Å². The van der Waals surface area contributed by atoms with Crippen molar-refractivity contribution >= 4 is 5.97 Å². The molecule has 0 aliphatic rings. The van der Waals surface area contributed by atoms with Gasteiger partial charge in [-0.1, -0.05) is 76.6 Å². The van der Waals surface area contributed by atoms with Crippen molar-refractivity contribution in [3.8, 4) is 22.9 Å². The quantitative estimate of drug-likeness (QED) is 0.176. The SMILES string of the molecule is CCCCCCCCCc1ccc(-c2ncc(OC(=O)c3ccc(OCCC)cc3F)cn2)cc1. The summed E-state index contributed by atoms with van der Waals surface area (Å²) in [5, 5.41) is 0.